The number of hydrogen-bond acceptors (Lipinski definition) is 9. The van der Waals surface area contributed by atoms with Gasteiger partial charge in [-0.3, -0.25) is 14.4 Å². The van der Waals surface area contributed by atoms with Gasteiger partial charge in [-0.05, 0) is 49.3 Å². The van der Waals surface area contributed by atoms with E-state index in [1.807, 2.05) is 0 Å². The summed E-state index contributed by atoms with van der Waals surface area (Å²) in [5.74, 6) is -2.60. The fourth-order valence-electron chi connectivity index (χ4n) is 6.05. The van der Waals surface area contributed by atoms with Crippen LogP contribution in [0.15, 0.2) is 24.3 Å². The second kappa shape index (κ2) is 21.2. The molecule has 15 heteroatoms. The summed E-state index contributed by atoms with van der Waals surface area (Å²) in [6.45, 7) is 2.30. The zero-order valence-electron chi connectivity index (χ0n) is 27.5. The molecule has 3 rings (SSSR count). The van der Waals surface area contributed by atoms with E-state index in [0.29, 0.717) is 30.0 Å². The predicted octanol–water partition coefficient (Wildman–Crippen LogP) is 1.70. The van der Waals surface area contributed by atoms with Crippen LogP contribution < -0.4 is 45.5 Å². The molecule has 258 valence electrons. The molecule has 1 aliphatic heterocycles. The minimum atomic E-state index is -5.28. The van der Waals surface area contributed by atoms with Crippen LogP contribution in [0.1, 0.15) is 102 Å². The molecule has 1 saturated carbocycles. The Morgan fingerprint density at radius 1 is 1.04 bits per heavy atom. The molecule has 3 N–H and O–H groups in total. The van der Waals surface area contributed by atoms with Gasteiger partial charge >= 0.3 is 41.6 Å². The standard InChI is InChI=1S/C32H48ClN3O9S.Na/c1-2-3-4-5-9-15-28(37)45-31(46(41,42)43)27(20-24-16-17-34-29(24)38)35-30(39)26(19-22-11-7-6-8-12-22)36-32(40)44-21-23-13-10-14-25(33)18-23;/h10,13-14,18,22,24,26-27,31H,2-9,11-12,15-17,19-21H2,1H3,(H,34,38)(H,35,39)(H,36,40)(H,41,42,43);/q;+1/p-1/t24-,26-,27-,31?;/m0./s1. The Labute approximate surface area is 305 Å². The van der Waals surface area contributed by atoms with Crippen molar-refractivity contribution in [2.45, 2.75) is 121 Å². The van der Waals surface area contributed by atoms with Gasteiger partial charge in [0.05, 0.1) is 6.04 Å². The van der Waals surface area contributed by atoms with Gasteiger partial charge in [0.1, 0.15) is 22.8 Å². The van der Waals surface area contributed by atoms with Crippen LogP contribution in [0.25, 0.3) is 0 Å². The predicted molar refractivity (Wildman–Crippen MR) is 170 cm³/mol. The average Bonchev–Trinajstić information content (AvgIpc) is 3.41. The van der Waals surface area contributed by atoms with E-state index < -0.39 is 51.5 Å². The molecule has 1 aliphatic carbocycles. The van der Waals surface area contributed by atoms with E-state index >= 15 is 0 Å². The Morgan fingerprint density at radius 3 is 2.40 bits per heavy atom. The number of alkyl carbamates (subject to hydrolysis) is 1. The van der Waals surface area contributed by atoms with E-state index in [1.165, 1.54) is 0 Å². The molecule has 3 amide bonds. The Balaban J connectivity index is 0.00000768. The van der Waals surface area contributed by atoms with Crippen molar-refractivity contribution in [3.8, 4) is 0 Å². The van der Waals surface area contributed by atoms with Crippen molar-refractivity contribution in [1.29, 1.82) is 0 Å². The minimum absolute atomic E-state index is 0. The van der Waals surface area contributed by atoms with Crippen molar-refractivity contribution in [3.05, 3.63) is 34.9 Å². The molecule has 2 aliphatic rings. The molecule has 1 saturated heterocycles. The maximum atomic E-state index is 13.8. The van der Waals surface area contributed by atoms with Crippen LogP contribution in [0.5, 0.6) is 0 Å². The van der Waals surface area contributed by atoms with Gasteiger partial charge in [-0.2, -0.15) is 0 Å². The number of nitrogens with one attached hydrogen (secondary N) is 3. The molecule has 0 bridgehead atoms. The summed E-state index contributed by atoms with van der Waals surface area (Å²) in [6.07, 6.45) is 8.21. The first-order valence-corrected chi connectivity index (χ1v) is 18.2. The number of ether oxygens (including phenoxy) is 2. The van der Waals surface area contributed by atoms with Crippen LogP contribution >= 0.6 is 11.6 Å². The second-order valence-corrected chi connectivity index (χ2v) is 14.2. The summed E-state index contributed by atoms with van der Waals surface area (Å²) in [5, 5.41) is 8.30. The maximum absolute atomic E-state index is 13.8. The van der Waals surface area contributed by atoms with Gasteiger partial charge in [0.2, 0.25) is 17.3 Å². The van der Waals surface area contributed by atoms with Crippen LogP contribution in [0.3, 0.4) is 0 Å². The fourth-order valence-corrected chi connectivity index (χ4v) is 7.07. The van der Waals surface area contributed by atoms with Gasteiger partial charge in [0.15, 0.2) is 0 Å². The molecule has 0 spiro atoms. The fraction of sp³-hybridized carbons (Fsp3) is 0.688. The van der Waals surface area contributed by atoms with Crippen LogP contribution in [-0.2, 0) is 40.6 Å². The van der Waals surface area contributed by atoms with Gasteiger partial charge in [-0.15, -0.1) is 0 Å². The van der Waals surface area contributed by atoms with E-state index in [9.17, 15) is 32.1 Å². The molecule has 0 radical (unpaired) electrons. The van der Waals surface area contributed by atoms with Crippen LogP contribution in [-0.4, -0.2) is 60.9 Å². The third kappa shape index (κ3) is 15.0. The Hall–Kier alpha value is -1.90. The zero-order valence-corrected chi connectivity index (χ0v) is 31.0. The number of amides is 3. The van der Waals surface area contributed by atoms with Gasteiger partial charge in [-0.25, -0.2) is 13.2 Å². The third-order valence-corrected chi connectivity index (χ3v) is 9.76. The topological polar surface area (TPSA) is 180 Å². The molecule has 12 nitrogen and oxygen atoms in total. The number of carbonyl (C=O) groups excluding carboxylic acids is 4. The van der Waals surface area contributed by atoms with Crippen molar-refractivity contribution in [2.24, 2.45) is 11.8 Å². The smallest absolute Gasteiger partial charge is 0.745 e. The number of carbonyl (C=O) groups is 4. The molecule has 47 heavy (non-hydrogen) atoms. The zero-order chi connectivity index (χ0) is 33.5. The number of unbranched alkanes of at least 4 members (excludes halogenated alkanes) is 4. The van der Waals surface area contributed by atoms with Crippen LogP contribution in [0.4, 0.5) is 4.79 Å². The van der Waals surface area contributed by atoms with Crippen LogP contribution in [0.2, 0.25) is 5.02 Å². The molecule has 2 fully saturated rings. The van der Waals surface area contributed by atoms with Gasteiger partial charge in [0.25, 0.3) is 0 Å². The molecular weight excluding hydrogens is 661 g/mol. The maximum Gasteiger partial charge on any atom is 1.00 e. The molecule has 1 aromatic carbocycles. The summed E-state index contributed by atoms with van der Waals surface area (Å²) in [5.41, 5.74) is -1.61. The summed E-state index contributed by atoms with van der Waals surface area (Å²) < 4.78 is 48.0. The molecule has 1 aromatic rings. The molecule has 1 heterocycles. The third-order valence-electron chi connectivity index (χ3n) is 8.54. The average molecular weight is 708 g/mol. The Morgan fingerprint density at radius 2 is 1.77 bits per heavy atom. The van der Waals surface area contributed by atoms with Crippen molar-refractivity contribution in [1.82, 2.24) is 16.0 Å². The van der Waals surface area contributed by atoms with Crippen molar-refractivity contribution in [3.63, 3.8) is 0 Å². The van der Waals surface area contributed by atoms with E-state index in [-0.39, 0.29) is 67.3 Å². The van der Waals surface area contributed by atoms with Crippen LogP contribution in [0, 0.1) is 11.8 Å². The van der Waals surface area contributed by atoms with E-state index in [2.05, 4.69) is 22.9 Å². The van der Waals surface area contributed by atoms with Crippen molar-refractivity contribution >= 4 is 45.6 Å². The first-order chi connectivity index (χ1) is 22.0. The summed E-state index contributed by atoms with van der Waals surface area (Å²) in [4.78, 5) is 51.8. The van der Waals surface area contributed by atoms with E-state index in [0.717, 1.165) is 57.8 Å². The summed E-state index contributed by atoms with van der Waals surface area (Å²) >= 11 is 6.01. The number of halogens is 1. The molecular formula is C32H47ClN3NaO9S. The summed E-state index contributed by atoms with van der Waals surface area (Å²) in [6, 6.07) is 4.10. The van der Waals surface area contributed by atoms with E-state index in [4.69, 9.17) is 21.1 Å². The molecule has 0 aromatic heterocycles. The molecule has 1 unspecified atom stereocenters. The summed E-state index contributed by atoms with van der Waals surface area (Å²) in [7, 11) is -5.28. The molecule has 4 atom stereocenters. The Kier molecular flexibility index (Phi) is 18.7. The monoisotopic (exact) mass is 707 g/mol. The number of rotatable bonds is 18. The largest absolute Gasteiger partial charge is 1.00 e. The van der Waals surface area contributed by atoms with E-state index in [1.54, 1.807) is 24.3 Å². The SMILES string of the molecule is CCCCCCCC(=O)OC([C@H](C[C@@H]1CCNC1=O)NC(=O)[C@H](CC1CCCCC1)NC(=O)OCc1cccc(Cl)c1)S(=O)(=O)[O-].[Na+]. The second-order valence-electron chi connectivity index (χ2n) is 12.3. The van der Waals surface area contributed by atoms with Gasteiger partial charge in [-0.1, -0.05) is 88.4 Å². The Bertz CT molecular complexity index is 1280. The van der Waals surface area contributed by atoms with Gasteiger partial charge in [0, 0.05) is 23.9 Å². The minimum Gasteiger partial charge on any atom is -0.745 e. The number of hydrogen-bond donors (Lipinski definition) is 3. The first kappa shape index (κ1) is 41.3. The number of esters is 1. The normalized spacial score (nSPS) is 18.6. The van der Waals surface area contributed by atoms with Crippen molar-refractivity contribution < 1.29 is 71.2 Å². The quantitative estimate of drug-likeness (QED) is 0.0886. The van der Waals surface area contributed by atoms with Crippen molar-refractivity contribution in [2.75, 3.05) is 6.54 Å². The number of benzene rings is 1. The van der Waals surface area contributed by atoms with Gasteiger partial charge < -0.3 is 30.0 Å². The first-order valence-electron chi connectivity index (χ1n) is 16.4.